The third-order valence-corrected chi connectivity index (χ3v) is 12.3. The van der Waals surface area contributed by atoms with Crippen LogP contribution in [0.15, 0.2) is 77.7 Å². The molecule has 1 aliphatic carbocycles. The van der Waals surface area contributed by atoms with Crippen molar-refractivity contribution in [3.63, 3.8) is 0 Å². The van der Waals surface area contributed by atoms with Crippen LogP contribution in [0.4, 0.5) is 4.79 Å². The second-order valence-corrected chi connectivity index (χ2v) is 17.5. The lowest BCUT2D eigenvalue weighted by molar-refractivity contribution is -0.139. The molecule has 2 saturated heterocycles. The van der Waals surface area contributed by atoms with E-state index in [-0.39, 0.29) is 23.9 Å². The monoisotopic (exact) mass is 750 g/mol. The lowest BCUT2D eigenvalue weighted by Gasteiger charge is -2.43. The zero-order chi connectivity index (χ0) is 36.9. The lowest BCUT2D eigenvalue weighted by atomic mass is 9.90. The van der Waals surface area contributed by atoms with Gasteiger partial charge >= 0.3 is 6.09 Å². The van der Waals surface area contributed by atoms with Crippen molar-refractivity contribution in [3.05, 3.63) is 83.4 Å². The summed E-state index contributed by atoms with van der Waals surface area (Å²) in [7, 11) is -4.02. The smallest absolute Gasteiger partial charge is 0.410 e. The first-order valence-corrected chi connectivity index (χ1v) is 20.3. The minimum atomic E-state index is -4.02. The highest BCUT2D eigenvalue weighted by molar-refractivity contribution is 7.89. The number of rotatable bonds is 9. The zero-order valence-electron chi connectivity index (χ0n) is 30.5. The highest BCUT2D eigenvalue weighted by atomic mass is 35.5. The number of benzene rings is 3. The molecule has 0 N–H and O–H groups in total. The van der Waals surface area contributed by atoms with Crippen molar-refractivity contribution in [3.8, 4) is 16.9 Å². The molecular weight excluding hydrogens is 700 g/mol. The summed E-state index contributed by atoms with van der Waals surface area (Å²) < 4.78 is 41.4. The molecule has 3 fully saturated rings. The number of hydrogen-bond donors (Lipinski definition) is 0. The predicted molar refractivity (Wildman–Crippen MR) is 203 cm³/mol. The maximum absolute atomic E-state index is 14.3. The highest BCUT2D eigenvalue weighted by Crippen LogP contribution is 2.29. The molecule has 6 rings (SSSR count). The predicted octanol–water partition coefficient (Wildman–Crippen LogP) is 6.92. The molecule has 3 aromatic rings. The number of carbonyl (C=O) groups is 2. The Hall–Kier alpha value is -3.64. The third-order valence-electron chi connectivity index (χ3n) is 10.1. The number of halogens is 1. The van der Waals surface area contributed by atoms with E-state index in [9.17, 15) is 18.0 Å². The second-order valence-electron chi connectivity index (χ2n) is 15.1. The number of ether oxygens (including phenoxy) is 2. The molecular formula is C40H51ClN4O6S. The van der Waals surface area contributed by atoms with Gasteiger partial charge in [0.05, 0.1) is 11.5 Å². The van der Waals surface area contributed by atoms with Gasteiger partial charge in [0.15, 0.2) is 0 Å². The minimum absolute atomic E-state index is 0.135. The molecule has 0 aromatic heterocycles. The van der Waals surface area contributed by atoms with Crippen LogP contribution in [-0.4, -0.2) is 103 Å². The lowest BCUT2D eigenvalue weighted by Crippen LogP contribution is -2.62. The van der Waals surface area contributed by atoms with Gasteiger partial charge in [0, 0.05) is 57.4 Å². The summed E-state index contributed by atoms with van der Waals surface area (Å²) in [5.74, 6) is 0.919. The summed E-state index contributed by atoms with van der Waals surface area (Å²) in [5, 5.41) is 0.687. The van der Waals surface area contributed by atoms with Crippen molar-refractivity contribution in [1.29, 1.82) is 0 Å². The van der Waals surface area contributed by atoms with E-state index in [4.69, 9.17) is 21.1 Å². The van der Waals surface area contributed by atoms with E-state index in [1.807, 2.05) is 45.0 Å². The van der Waals surface area contributed by atoms with Crippen LogP contribution in [0.1, 0.15) is 58.4 Å². The van der Waals surface area contributed by atoms with E-state index in [2.05, 4.69) is 29.2 Å². The first-order chi connectivity index (χ1) is 24.9. The van der Waals surface area contributed by atoms with Gasteiger partial charge in [-0.15, -0.1) is 0 Å². The van der Waals surface area contributed by atoms with Gasteiger partial charge in [-0.1, -0.05) is 67.3 Å². The second kappa shape index (κ2) is 16.6. The third kappa shape index (κ3) is 9.66. The van der Waals surface area contributed by atoms with Gasteiger partial charge in [-0.05, 0) is 92.6 Å². The fourth-order valence-electron chi connectivity index (χ4n) is 7.22. The standard InChI is InChI=1S/C40H51ClN4O6S/c1-40(2,3)51-39(47)44-24-22-43(23-25-44)38(46)37-28-42(27-30-9-11-32(12-10-30)33-13-15-34(41)16-14-33)21-26-45(37)52(48,49)36-19-17-35(18-20-36)50-29-31-7-5-4-6-8-31/h9-20,31,37H,4-8,21-29H2,1-3H3. The topological polar surface area (TPSA) is 99.7 Å². The SMILES string of the molecule is CC(C)(C)OC(=O)N1CCN(C(=O)C2CN(Cc3ccc(-c4ccc(Cl)cc4)cc3)CCN2S(=O)(=O)c2ccc(OCC3CCCCC3)cc2)CC1. The number of nitrogens with zero attached hydrogens (tertiary/aromatic N) is 4. The molecule has 280 valence electrons. The fraction of sp³-hybridized carbons (Fsp3) is 0.500. The number of hydrogen-bond acceptors (Lipinski definition) is 7. The van der Waals surface area contributed by atoms with Crippen molar-refractivity contribution in [2.75, 3.05) is 52.4 Å². The first-order valence-electron chi connectivity index (χ1n) is 18.4. The first kappa shape index (κ1) is 38.1. The Morgan fingerprint density at radius 2 is 1.37 bits per heavy atom. The van der Waals surface area contributed by atoms with E-state index in [1.54, 1.807) is 34.1 Å². The number of piperazine rings is 2. The van der Waals surface area contributed by atoms with E-state index in [1.165, 1.54) is 36.4 Å². The maximum atomic E-state index is 14.3. The van der Waals surface area contributed by atoms with Gasteiger partial charge in [-0.25, -0.2) is 13.2 Å². The molecule has 10 nitrogen and oxygen atoms in total. The Morgan fingerprint density at radius 3 is 1.98 bits per heavy atom. The molecule has 12 heteroatoms. The van der Waals surface area contributed by atoms with Crippen molar-refractivity contribution < 1.29 is 27.5 Å². The van der Waals surface area contributed by atoms with E-state index in [0.717, 1.165) is 16.7 Å². The van der Waals surface area contributed by atoms with Crippen LogP contribution in [0.5, 0.6) is 5.75 Å². The van der Waals surface area contributed by atoms with Crippen LogP contribution in [-0.2, 0) is 26.1 Å². The number of amides is 2. The van der Waals surface area contributed by atoms with Crippen molar-refractivity contribution in [2.45, 2.75) is 76.0 Å². The van der Waals surface area contributed by atoms with Crippen molar-refractivity contribution >= 4 is 33.6 Å². The zero-order valence-corrected chi connectivity index (χ0v) is 32.1. The molecule has 0 bridgehead atoms. The Morgan fingerprint density at radius 1 is 0.769 bits per heavy atom. The molecule has 1 unspecified atom stereocenters. The van der Waals surface area contributed by atoms with E-state index < -0.39 is 27.8 Å². The van der Waals surface area contributed by atoms with Gasteiger partial charge in [0.2, 0.25) is 15.9 Å². The van der Waals surface area contributed by atoms with Crippen LogP contribution in [0.2, 0.25) is 5.02 Å². The Balaban J connectivity index is 1.16. The average molecular weight is 751 g/mol. The molecule has 2 amide bonds. The normalized spacial score (nSPS) is 19.7. The largest absolute Gasteiger partial charge is 0.493 e. The molecule has 2 heterocycles. The van der Waals surface area contributed by atoms with Crippen LogP contribution >= 0.6 is 11.6 Å². The van der Waals surface area contributed by atoms with Crippen LogP contribution in [0.25, 0.3) is 11.1 Å². The van der Waals surface area contributed by atoms with Gasteiger partial charge < -0.3 is 19.3 Å². The summed E-state index contributed by atoms with van der Waals surface area (Å²) in [5.41, 5.74) is 2.58. The van der Waals surface area contributed by atoms with Crippen LogP contribution in [0.3, 0.4) is 0 Å². The minimum Gasteiger partial charge on any atom is -0.493 e. The Kier molecular flexibility index (Phi) is 12.1. The number of sulfonamides is 1. The molecule has 0 spiro atoms. The molecule has 3 aliphatic rings. The molecule has 2 aliphatic heterocycles. The van der Waals surface area contributed by atoms with Crippen molar-refractivity contribution in [2.24, 2.45) is 5.92 Å². The molecule has 0 radical (unpaired) electrons. The summed E-state index contributed by atoms with van der Waals surface area (Å²) in [6.07, 6.45) is 5.65. The Labute approximate surface area is 313 Å². The van der Waals surface area contributed by atoms with Crippen LogP contribution in [0, 0.1) is 5.92 Å². The van der Waals surface area contributed by atoms with Crippen molar-refractivity contribution in [1.82, 2.24) is 19.0 Å². The molecule has 1 saturated carbocycles. The Bertz CT molecular complexity index is 1770. The van der Waals surface area contributed by atoms with E-state index in [0.29, 0.717) is 62.6 Å². The summed E-state index contributed by atoms with van der Waals surface area (Å²) in [4.78, 5) is 32.6. The van der Waals surface area contributed by atoms with Gasteiger partial charge in [-0.2, -0.15) is 4.31 Å². The van der Waals surface area contributed by atoms with E-state index >= 15 is 0 Å². The fourth-order valence-corrected chi connectivity index (χ4v) is 8.91. The van der Waals surface area contributed by atoms with Crippen LogP contribution < -0.4 is 4.74 Å². The highest BCUT2D eigenvalue weighted by Gasteiger charge is 2.42. The summed E-state index contributed by atoms with van der Waals surface area (Å²) >= 11 is 6.07. The quantitative estimate of drug-likeness (QED) is 0.234. The summed E-state index contributed by atoms with van der Waals surface area (Å²) in [6, 6.07) is 21.6. The summed E-state index contributed by atoms with van der Waals surface area (Å²) in [6.45, 7) is 8.75. The van der Waals surface area contributed by atoms with Gasteiger partial charge in [0.1, 0.15) is 17.4 Å². The van der Waals surface area contributed by atoms with Gasteiger partial charge in [-0.3, -0.25) is 9.69 Å². The number of carbonyl (C=O) groups excluding carboxylic acids is 2. The average Bonchev–Trinajstić information content (AvgIpc) is 3.14. The molecule has 52 heavy (non-hydrogen) atoms. The molecule has 3 aromatic carbocycles. The van der Waals surface area contributed by atoms with Gasteiger partial charge in [0.25, 0.3) is 0 Å². The molecule has 1 atom stereocenters. The maximum Gasteiger partial charge on any atom is 0.410 e.